The van der Waals surface area contributed by atoms with E-state index in [9.17, 15) is 4.79 Å². The van der Waals surface area contributed by atoms with E-state index < -0.39 is 0 Å². The fourth-order valence-corrected chi connectivity index (χ4v) is 3.09. The highest BCUT2D eigenvalue weighted by Crippen LogP contribution is 2.33. The lowest BCUT2D eigenvalue weighted by Gasteiger charge is -2.33. The molecule has 0 aromatic heterocycles. The first kappa shape index (κ1) is 11.9. The first-order chi connectivity index (χ1) is 7.65. The maximum Gasteiger partial charge on any atom is 0.240 e. The Morgan fingerprint density at radius 2 is 2.06 bits per heavy atom. The molecule has 1 saturated heterocycles. The van der Waals surface area contributed by atoms with Gasteiger partial charge in [0.05, 0.1) is 12.2 Å². The second-order valence-electron chi connectivity index (χ2n) is 5.38. The minimum absolute atomic E-state index is 0.0135. The van der Waals surface area contributed by atoms with Crippen molar-refractivity contribution in [3.05, 3.63) is 0 Å². The van der Waals surface area contributed by atoms with Crippen molar-refractivity contribution in [2.24, 2.45) is 5.92 Å². The summed E-state index contributed by atoms with van der Waals surface area (Å²) in [6, 6.07) is 0.384. The Bertz CT molecular complexity index is 261. The molecule has 1 aliphatic carbocycles. The number of rotatable bonds is 3. The molecule has 0 bridgehead atoms. The van der Waals surface area contributed by atoms with Crippen LogP contribution in [0.2, 0.25) is 0 Å². The number of carbonyl (C=O) groups excluding carboxylic acids is 1. The molecule has 3 nitrogen and oxygen atoms in total. The second kappa shape index (κ2) is 4.74. The third kappa shape index (κ3) is 1.97. The van der Waals surface area contributed by atoms with Crippen LogP contribution in [0.3, 0.4) is 0 Å². The summed E-state index contributed by atoms with van der Waals surface area (Å²) in [4.78, 5) is 14.2. The van der Waals surface area contributed by atoms with Gasteiger partial charge in [0.2, 0.25) is 5.91 Å². The van der Waals surface area contributed by atoms with Crippen LogP contribution in [0.15, 0.2) is 0 Å². The zero-order valence-corrected chi connectivity index (χ0v) is 10.7. The van der Waals surface area contributed by atoms with E-state index in [1.54, 1.807) is 0 Å². The van der Waals surface area contributed by atoms with Gasteiger partial charge >= 0.3 is 0 Å². The van der Waals surface area contributed by atoms with E-state index in [1.165, 1.54) is 25.7 Å². The van der Waals surface area contributed by atoms with E-state index in [0.29, 0.717) is 24.0 Å². The Balaban J connectivity index is 2.12. The smallest absolute Gasteiger partial charge is 0.240 e. The SMILES string of the molecule is CCC(C)N1C(=O)C(C)NC1C1CCCC1. The summed E-state index contributed by atoms with van der Waals surface area (Å²) in [5, 5.41) is 3.49. The van der Waals surface area contributed by atoms with Crippen LogP contribution < -0.4 is 5.32 Å². The van der Waals surface area contributed by atoms with E-state index in [0.717, 1.165) is 6.42 Å². The Morgan fingerprint density at radius 3 is 2.62 bits per heavy atom. The number of carbonyl (C=O) groups is 1. The summed E-state index contributed by atoms with van der Waals surface area (Å²) < 4.78 is 0. The van der Waals surface area contributed by atoms with E-state index in [-0.39, 0.29) is 6.04 Å². The van der Waals surface area contributed by atoms with Gasteiger partial charge in [-0.1, -0.05) is 19.8 Å². The van der Waals surface area contributed by atoms with Crippen molar-refractivity contribution in [2.45, 2.75) is 71.1 Å². The number of nitrogens with one attached hydrogen (secondary N) is 1. The normalized spacial score (nSPS) is 33.7. The molecule has 0 radical (unpaired) electrons. The summed E-state index contributed by atoms with van der Waals surface area (Å²) in [7, 11) is 0. The topological polar surface area (TPSA) is 32.3 Å². The predicted octanol–water partition coefficient (Wildman–Crippen LogP) is 2.12. The molecule has 3 heteroatoms. The molecule has 2 rings (SSSR count). The van der Waals surface area contributed by atoms with Gasteiger partial charge in [0.1, 0.15) is 0 Å². The highest BCUT2D eigenvalue weighted by molar-refractivity contribution is 5.84. The molecule has 0 aromatic carbocycles. The fraction of sp³-hybridized carbons (Fsp3) is 0.923. The van der Waals surface area contributed by atoms with Crippen molar-refractivity contribution in [1.29, 1.82) is 0 Å². The van der Waals surface area contributed by atoms with Gasteiger partial charge in [0, 0.05) is 6.04 Å². The maximum absolute atomic E-state index is 12.1. The minimum Gasteiger partial charge on any atom is -0.323 e. The quantitative estimate of drug-likeness (QED) is 0.796. The molecule has 0 aromatic rings. The second-order valence-corrected chi connectivity index (χ2v) is 5.38. The molecule has 1 N–H and O–H groups in total. The number of hydrogen-bond acceptors (Lipinski definition) is 2. The molecule has 1 saturated carbocycles. The zero-order chi connectivity index (χ0) is 11.7. The zero-order valence-electron chi connectivity index (χ0n) is 10.7. The fourth-order valence-electron chi connectivity index (χ4n) is 3.09. The number of hydrogen-bond donors (Lipinski definition) is 1. The lowest BCUT2D eigenvalue weighted by molar-refractivity contribution is -0.132. The van der Waals surface area contributed by atoms with Gasteiger partial charge in [-0.2, -0.15) is 0 Å². The van der Waals surface area contributed by atoms with Crippen molar-refractivity contribution in [2.75, 3.05) is 0 Å². The molecule has 3 unspecified atom stereocenters. The highest BCUT2D eigenvalue weighted by Gasteiger charge is 2.42. The minimum atomic E-state index is 0.0135. The molecule has 1 aliphatic heterocycles. The molecule has 2 aliphatic rings. The van der Waals surface area contributed by atoms with Crippen LogP contribution in [0.1, 0.15) is 52.9 Å². The standard InChI is InChI=1S/C13H24N2O/c1-4-9(2)15-12(11-7-5-6-8-11)14-10(3)13(15)16/h9-12,14H,4-8H2,1-3H3. The van der Waals surface area contributed by atoms with Gasteiger partial charge in [0.25, 0.3) is 0 Å². The van der Waals surface area contributed by atoms with Crippen LogP contribution in [0.5, 0.6) is 0 Å². The molecule has 3 atom stereocenters. The van der Waals surface area contributed by atoms with Crippen LogP contribution >= 0.6 is 0 Å². The number of amides is 1. The summed E-state index contributed by atoms with van der Waals surface area (Å²) in [5.41, 5.74) is 0. The molecular formula is C13H24N2O. The van der Waals surface area contributed by atoms with Crippen LogP contribution in [0.4, 0.5) is 0 Å². The van der Waals surface area contributed by atoms with Gasteiger partial charge in [-0.3, -0.25) is 10.1 Å². The van der Waals surface area contributed by atoms with Gasteiger partial charge < -0.3 is 4.90 Å². The average Bonchev–Trinajstić information content (AvgIpc) is 2.87. The van der Waals surface area contributed by atoms with Crippen LogP contribution in [0, 0.1) is 5.92 Å². The lowest BCUT2D eigenvalue weighted by atomic mass is 10.0. The average molecular weight is 224 g/mol. The molecule has 1 heterocycles. The van der Waals surface area contributed by atoms with Crippen molar-refractivity contribution in [3.63, 3.8) is 0 Å². The first-order valence-electron chi connectivity index (χ1n) is 6.73. The summed E-state index contributed by atoms with van der Waals surface area (Å²) in [6.07, 6.45) is 6.58. The van der Waals surface area contributed by atoms with E-state index in [4.69, 9.17) is 0 Å². The summed E-state index contributed by atoms with van der Waals surface area (Å²) in [6.45, 7) is 6.32. The maximum atomic E-state index is 12.1. The molecule has 92 valence electrons. The van der Waals surface area contributed by atoms with Crippen LogP contribution in [0.25, 0.3) is 0 Å². The molecule has 1 amide bonds. The Hall–Kier alpha value is -0.570. The monoisotopic (exact) mass is 224 g/mol. The summed E-state index contributed by atoms with van der Waals surface area (Å²) >= 11 is 0. The van der Waals surface area contributed by atoms with Gasteiger partial charge in [-0.25, -0.2) is 0 Å². The number of nitrogens with zero attached hydrogens (tertiary/aromatic N) is 1. The Labute approximate surface area is 98.6 Å². The van der Waals surface area contributed by atoms with Gasteiger partial charge in [-0.15, -0.1) is 0 Å². The highest BCUT2D eigenvalue weighted by atomic mass is 16.2. The lowest BCUT2D eigenvalue weighted by Crippen LogP contribution is -2.46. The third-order valence-corrected chi connectivity index (χ3v) is 4.26. The van der Waals surface area contributed by atoms with Gasteiger partial charge in [0.15, 0.2) is 0 Å². The Kier molecular flexibility index (Phi) is 3.53. The first-order valence-corrected chi connectivity index (χ1v) is 6.73. The van der Waals surface area contributed by atoms with E-state index >= 15 is 0 Å². The Morgan fingerprint density at radius 1 is 1.44 bits per heavy atom. The molecule has 2 fully saturated rings. The van der Waals surface area contributed by atoms with Crippen LogP contribution in [-0.4, -0.2) is 29.1 Å². The van der Waals surface area contributed by atoms with E-state index in [1.807, 2.05) is 6.92 Å². The van der Waals surface area contributed by atoms with Crippen molar-refractivity contribution in [1.82, 2.24) is 10.2 Å². The van der Waals surface area contributed by atoms with Crippen molar-refractivity contribution in [3.8, 4) is 0 Å². The van der Waals surface area contributed by atoms with Gasteiger partial charge in [-0.05, 0) is 39.0 Å². The predicted molar refractivity (Wildman–Crippen MR) is 64.9 cm³/mol. The van der Waals surface area contributed by atoms with Crippen molar-refractivity contribution < 1.29 is 4.79 Å². The molecular weight excluding hydrogens is 200 g/mol. The molecule has 0 spiro atoms. The molecule has 16 heavy (non-hydrogen) atoms. The van der Waals surface area contributed by atoms with E-state index in [2.05, 4.69) is 24.1 Å². The third-order valence-electron chi connectivity index (χ3n) is 4.26. The largest absolute Gasteiger partial charge is 0.323 e. The summed E-state index contributed by atoms with van der Waals surface area (Å²) in [5.74, 6) is 0.981. The van der Waals surface area contributed by atoms with Crippen LogP contribution in [-0.2, 0) is 4.79 Å². The van der Waals surface area contributed by atoms with Crippen molar-refractivity contribution >= 4 is 5.91 Å².